The van der Waals surface area contributed by atoms with Crippen molar-refractivity contribution in [1.82, 2.24) is 0 Å². The molecular formula is C14H11BrF2OS. The normalized spacial score (nSPS) is 12.4. The Morgan fingerprint density at radius 2 is 1.79 bits per heavy atom. The Kier molecular flexibility index (Phi) is 4.96. The summed E-state index contributed by atoms with van der Waals surface area (Å²) < 4.78 is 27.0. The molecule has 0 fully saturated rings. The van der Waals surface area contributed by atoms with Gasteiger partial charge in [0.05, 0.1) is 6.10 Å². The van der Waals surface area contributed by atoms with Gasteiger partial charge in [0.2, 0.25) is 0 Å². The molecule has 0 aliphatic heterocycles. The summed E-state index contributed by atoms with van der Waals surface area (Å²) in [6.07, 6.45) is -0.910. The first-order chi connectivity index (χ1) is 9.06. The van der Waals surface area contributed by atoms with E-state index in [2.05, 4.69) is 15.9 Å². The first-order valence-electron chi connectivity index (χ1n) is 5.57. The Balaban J connectivity index is 2.03. The lowest BCUT2D eigenvalue weighted by atomic mass is 10.1. The van der Waals surface area contributed by atoms with Crippen molar-refractivity contribution in [1.29, 1.82) is 0 Å². The maximum absolute atomic E-state index is 13.6. The molecule has 0 radical (unpaired) electrons. The fourth-order valence-corrected chi connectivity index (χ4v) is 2.80. The SMILES string of the molecule is OC(CSc1ccc(F)cc1)c1cc(Br)ccc1F. The van der Waals surface area contributed by atoms with Gasteiger partial charge < -0.3 is 5.11 Å². The molecule has 1 nitrogen and oxygen atoms in total. The summed E-state index contributed by atoms with van der Waals surface area (Å²) in [5.41, 5.74) is 0.254. The van der Waals surface area contributed by atoms with Crippen molar-refractivity contribution in [3.63, 3.8) is 0 Å². The lowest BCUT2D eigenvalue weighted by Crippen LogP contribution is -2.03. The average molecular weight is 345 g/mol. The Morgan fingerprint density at radius 3 is 2.47 bits per heavy atom. The van der Waals surface area contributed by atoms with Crippen LogP contribution in [-0.2, 0) is 0 Å². The standard InChI is InChI=1S/C14H11BrF2OS/c15-9-1-6-13(17)12(7-9)14(18)8-19-11-4-2-10(16)3-5-11/h1-7,14,18H,8H2. The predicted octanol–water partition coefficient (Wildman–Crippen LogP) is 4.55. The molecule has 2 rings (SSSR count). The summed E-state index contributed by atoms with van der Waals surface area (Å²) in [6, 6.07) is 10.4. The molecule has 0 saturated carbocycles. The van der Waals surface area contributed by atoms with Gasteiger partial charge in [-0.15, -0.1) is 11.8 Å². The number of hydrogen-bond donors (Lipinski definition) is 1. The largest absolute Gasteiger partial charge is 0.387 e. The third-order valence-electron chi connectivity index (χ3n) is 2.54. The Hall–Kier alpha value is -0.910. The van der Waals surface area contributed by atoms with Gasteiger partial charge >= 0.3 is 0 Å². The zero-order valence-electron chi connectivity index (χ0n) is 9.82. The zero-order valence-corrected chi connectivity index (χ0v) is 12.2. The lowest BCUT2D eigenvalue weighted by molar-refractivity contribution is 0.199. The van der Waals surface area contributed by atoms with Crippen molar-refractivity contribution < 1.29 is 13.9 Å². The molecule has 1 N–H and O–H groups in total. The molecule has 19 heavy (non-hydrogen) atoms. The molecule has 0 bridgehead atoms. The minimum Gasteiger partial charge on any atom is -0.387 e. The van der Waals surface area contributed by atoms with Crippen LogP contribution in [0.2, 0.25) is 0 Å². The summed E-state index contributed by atoms with van der Waals surface area (Å²) in [6.45, 7) is 0. The number of rotatable bonds is 4. The van der Waals surface area contributed by atoms with Crippen molar-refractivity contribution >= 4 is 27.7 Å². The van der Waals surface area contributed by atoms with Gasteiger partial charge in [-0.3, -0.25) is 0 Å². The highest BCUT2D eigenvalue weighted by Crippen LogP contribution is 2.27. The van der Waals surface area contributed by atoms with Gasteiger partial charge in [-0.25, -0.2) is 8.78 Å². The minimum absolute atomic E-state index is 0.254. The molecule has 0 aliphatic rings. The summed E-state index contributed by atoms with van der Waals surface area (Å²) in [5, 5.41) is 9.99. The smallest absolute Gasteiger partial charge is 0.129 e. The van der Waals surface area contributed by atoms with E-state index in [9.17, 15) is 13.9 Å². The predicted molar refractivity (Wildman–Crippen MR) is 76.2 cm³/mol. The van der Waals surface area contributed by atoms with Gasteiger partial charge in [0, 0.05) is 20.7 Å². The fourth-order valence-electron chi connectivity index (χ4n) is 1.57. The van der Waals surface area contributed by atoms with Crippen LogP contribution in [0.3, 0.4) is 0 Å². The highest BCUT2D eigenvalue weighted by atomic mass is 79.9. The Labute approximate surface area is 122 Å². The second kappa shape index (κ2) is 6.50. The molecular weight excluding hydrogens is 334 g/mol. The first-order valence-corrected chi connectivity index (χ1v) is 7.35. The van der Waals surface area contributed by atoms with Crippen LogP contribution in [0.1, 0.15) is 11.7 Å². The molecule has 0 heterocycles. The second-order valence-electron chi connectivity index (χ2n) is 3.95. The molecule has 2 aromatic carbocycles. The van der Waals surface area contributed by atoms with E-state index in [1.165, 1.54) is 30.0 Å². The third-order valence-corrected chi connectivity index (χ3v) is 4.12. The van der Waals surface area contributed by atoms with Gasteiger partial charge in [-0.05, 0) is 42.5 Å². The van der Waals surface area contributed by atoms with Crippen LogP contribution in [-0.4, -0.2) is 10.9 Å². The van der Waals surface area contributed by atoms with Gasteiger partial charge in [0.1, 0.15) is 11.6 Å². The zero-order chi connectivity index (χ0) is 13.8. The maximum atomic E-state index is 13.6. The molecule has 1 atom stereocenters. The van der Waals surface area contributed by atoms with E-state index in [1.54, 1.807) is 24.3 Å². The van der Waals surface area contributed by atoms with Crippen molar-refractivity contribution in [3.05, 3.63) is 64.1 Å². The first kappa shape index (κ1) is 14.5. The average Bonchev–Trinajstić information content (AvgIpc) is 2.40. The highest BCUT2D eigenvalue weighted by Gasteiger charge is 2.13. The number of hydrogen-bond acceptors (Lipinski definition) is 2. The molecule has 0 aromatic heterocycles. The molecule has 0 amide bonds. The van der Waals surface area contributed by atoms with Gasteiger partial charge in [-0.1, -0.05) is 15.9 Å². The summed E-state index contributed by atoms with van der Waals surface area (Å²) in [7, 11) is 0. The van der Waals surface area contributed by atoms with Crippen LogP contribution < -0.4 is 0 Å². The Morgan fingerprint density at radius 1 is 1.11 bits per heavy atom. The number of halogens is 3. The van der Waals surface area contributed by atoms with Crippen LogP contribution in [0.25, 0.3) is 0 Å². The second-order valence-corrected chi connectivity index (χ2v) is 5.96. The molecule has 0 spiro atoms. The van der Waals surface area contributed by atoms with Crippen molar-refractivity contribution in [2.24, 2.45) is 0 Å². The van der Waals surface area contributed by atoms with Crippen molar-refractivity contribution in [2.45, 2.75) is 11.0 Å². The molecule has 0 aliphatic carbocycles. The molecule has 100 valence electrons. The minimum atomic E-state index is -0.910. The lowest BCUT2D eigenvalue weighted by Gasteiger charge is -2.12. The van der Waals surface area contributed by atoms with Crippen LogP contribution in [0.4, 0.5) is 8.78 Å². The topological polar surface area (TPSA) is 20.2 Å². The van der Waals surface area contributed by atoms with Gasteiger partial charge in [-0.2, -0.15) is 0 Å². The van der Waals surface area contributed by atoms with Crippen LogP contribution in [0.5, 0.6) is 0 Å². The van der Waals surface area contributed by atoms with Crippen molar-refractivity contribution in [2.75, 3.05) is 5.75 Å². The Bertz CT molecular complexity index is 560. The van der Waals surface area contributed by atoms with Crippen LogP contribution in [0, 0.1) is 11.6 Å². The van der Waals surface area contributed by atoms with Crippen LogP contribution >= 0.6 is 27.7 Å². The molecule has 1 unspecified atom stereocenters. The van der Waals surface area contributed by atoms with E-state index in [0.29, 0.717) is 5.75 Å². The van der Waals surface area contributed by atoms with E-state index in [1.807, 2.05) is 0 Å². The van der Waals surface area contributed by atoms with Crippen molar-refractivity contribution in [3.8, 4) is 0 Å². The van der Waals surface area contributed by atoms with E-state index in [-0.39, 0.29) is 11.4 Å². The monoisotopic (exact) mass is 344 g/mol. The third kappa shape index (κ3) is 4.03. The fraction of sp³-hybridized carbons (Fsp3) is 0.143. The van der Waals surface area contributed by atoms with E-state index >= 15 is 0 Å². The summed E-state index contributed by atoms with van der Waals surface area (Å²) in [4.78, 5) is 0.829. The molecule has 5 heteroatoms. The van der Waals surface area contributed by atoms with E-state index in [0.717, 1.165) is 9.37 Å². The quantitative estimate of drug-likeness (QED) is 0.821. The van der Waals surface area contributed by atoms with Gasteiger partial charge in [0.15, 0.2) is 0 Å². The molecule has 2 aromatic rings. The van der Waals surface area contributed by atoms with E-state index < -0.39 is 11.9 Å². The summed E-state index contributed by atoms with van der Waals surface area (Å²) >= 11 is 4.59. The summed E-state index contributed by atoms with van der Waals surface area (Å²) in [5.74, 6) is -0.433. The van der Waals surface area contributed by atoms with Gasteiger partial charge in [0.25, 0.3) is 0 Å². The number of aliphatic hydroxyl groups is 1. The number of thioether (sulfide) groups is 1. The highest BCUT2D eigenvalue weighted by molar-refractivity contribution is 9.10. The van der Waals surface area contributed by atoms with Crippen LogP contribution in [0.15, 0.2) is 51.8 Å². The number of aliphatic hydroxyl groups excluding tert-OH is 1. The van der Waals surface area contributed by atoms with E-state index in [4.69, 9.17) is 0 Å². The molecule has 0 saturated heterocycles. The maximum Gasteiger partial charge on any atom is 0.129 e. The number of benzene rings is 2.